The maximum Gasteiger partial charge on any atom is 0.416 e. The number of alkyl halides is 3. The van der Waals surface area contributed by atoms with Crippen molar-refractivity contribution in [3.8, 4) is 0 Å². The van der Waals surface area contributed by atoms with Crippen LogP contribution in [-0.2, 0) is 12.7 Å². The van der Waals surface area contributed by atoms with Crippen LogP contribution < -0.4 is 16.0 Å². The largest absolute Gasteiger partial charge is 0.416 e. The lowest BCUT2D eigenvalue weighted by Crippen LogP contribution is -2.48. The van der Waals surface area contributed by atoms with E-state index >= 15 is 0 Å². The molecular formula is C20H21F3N4O2. The van der Waals surface area contributed by atoms with Crippen molar-refractivity contribution in [1.29, 1.82) is 0 Å². The Morgan fingerprint density at radius 1 is 1.00 bits per heavy atom. The first-order valence-electron chi connectivity index (χ1n) is 9.08. The first kappa shape index (κ1) is 20.5. The lowest BCUT2D eigenvalue weighted by molar-refractivity contribution is -0.137. The van der Waals surface area contributed by atoms with Gasteiger partial charge in [0.1, 0.15) is 0 Å². The minimum atomic E-state index is -4.38. The van der Waals surface area contributed by atoms with E-state index < -0.39 is 17.8 Å². The molecule has 2 aromatic rings. The number of hydrogen-bond donors (Lipinski definition) is 2. The standard InChI is InChI=1S/C20H21F3N4O2/c21-20(22,23)16-2-1-3-17(12-16)26-8-10-27(11-9-26)18(28)15-6-4-14(5-7-15)13-25-19(24)29/h1-7,12H,8-11,13H2,(H3,24,25,29). The SMILES string of the molecule is NC(=O)NCc1ccc(C(=O)N2CCN(c3cccc(C(F)(F)F)c3)CC2)cc1. The number of anilines is 1. The van der Waals surface area contributed by atoms with Crippen LogP contribution in [-0.4, -0.2) is 43.0 Å². The van der Waals surface area contributed by atoms with E-state index in [1.165, 1.54) is 6.07 Å². The quantitative estimate of drug-likeness (QED) is 0.820. The first-order chi connectivity index (χ1) is 13.7. The van der Waals surface area contributed by atoms with Crippen molar-refractivity contribution in [2.75, 3.05) is 31.1 Å². The van der Waals surface area contributed by atoms with E-state index in [1.54, 1.807) is 35.2 Å². The Morgan fingerprint density at radius 3 is 2.24 bits per heavy atom. The van der Waals surface area contributed by atoms with Crippen molar-refractivity contribution in [1.82, 2.24) is 10.2 Å². The molecule has 1 heterocycles. The molecule has 9 heteroatoms. The van der Waals surface area contributed by atoms with Gasteiger partial charge in [-0.15, -0.1) is 0 Å². The van der Waals surface area contributed by atoms with Crippen molar-refractivity contribution >= 4 is 17.6 Å². The smallest absolute Gasteiger partial charge is 0.368 e. The summed E-state index contributed by atoms with van der Waals surface area (Å²) < 4.78 is 38.7. The third kappa shape index (κ3) is 5.18. The number of nitrogens with zero attached hydrogens (tertiary/aromatic N) is 2. The third-order valence-electron chi connectivity index (χ3n) is 4.77. The second kappa shape index (κ2) is 8.42. The van der Waals surface area contributed by atoms with Crippen LogP contribution in [0.2, 0.25) is 0 Å². The van der Waals surface area contributed by atoms with Crippen LogP contribution >= 0.6 is 0 Å². The summed E-state index contributed by atoms with van der Waals surface area (Å²) >= 11 is 0. The van der Waals surface area contributed by atoms with Gasteiger partial charge in [-0.25, -0.2) is 4.79 Å². The minimum Gasteiger partial charge on any atom is -0.368 e. The van der Waals surface area contributed by atoms with Crippen LogP contribution in [0.3, 0.4) is 0 Å². The van der Waals surface area contributed by atoms with Crippen LogP contribution in [0.4, 0.5) is 23.7 Å². The van der Waals surface area contributed by atoms with E-state index in [0.717, 1.165) is 17.7 Å². The number of halogens is 3. The Balaban J connectivity index is 1.59. The highest BCUT2D eigenvalue weighted by Crippen LogP contribution is 2.31. The van der Waals surface area contributed by atoms with E-state index in [4.69, 9.17) is 5.73 Å². The molecule has 1 aliphatic rings. The number of primary amides is 1. The monoisotopic (exact) mass is 406 g/mol. The van der Waals surface area contributed by atoms with Crippen molar-refractivity contribution in [2.45, 2.75) is 12.7 Å². The molecule has 3 rings (SSSR count). The molecule has 3 N–H and O–H groups in total. The summed E-state index contributed by atoms with van der Waals surface area (Å²) in [5.74, 6) is -0.136. The highest BCUT2D eigenvalue weighted by molar-refractivity contribution is 5.94. The van der Waals surface area contributed by atoms with Crippen LogP contribution in [0, 0.1) is 0 Å². The van der Waals surface area contributed by atoms with Crippen LogP contribution in [0.15, 0.2) is 48.5 Å². The molecule has 1 fully saturated rings. The number of urea groups is 1. The Bertz CT molecular complexity index is 876. The van der Waals surface area contributed by atoms with E-state index in [-0.39, 0.29) is 12.5 Å². The molecule has 1 aliphatic heterocycles. The average molecular weight is 406 g/mol. The van der Waals surface area contributed by atoms with Gasteiger partial charge in [-0.1, -0.05) is 18.2 Å². The molecule has 154 valence electrons. The van der Waals surface area contributed by atoms with Crippen LogP contribution in [0.5, 0.6) is 0 Å². The van der Waals surface area contributed by atoms with Crippen LogP contribution in [0.25, 0.3) is 0 Å². The molecule has 0 atom stereocenters. The number of amides is 3. The van der Waals surface area contributed by atoms with Gasteiger partial charge in [0.05, 0.1) is 5.56 Å². The summed E-state index contributed by atoms with van der Waals surface area (Å²) in [4.78, 5) is 26.9. The summed E-state index contributed by atoms with van der Waals surface area (Å²) in [6.45, 7) is 2.01. The number of benzene rings is 2. The number of hydrogen-bond acceptors (Lipinski definition) is 3. The van der Waals surface area contributed by atoms with E-state index in [1.807, 2.05) is 4.90 Å². The summed E-state index contributed by atoms with van der Waals surface area (Å²) in [5.41, 5.74) is 6.17. The highest BCUT2D eigenvalue weighted by Gasteiger charge is 2.31. The molecule has 0 bridgehead atoms. The predicted molar refractivity (Wildman–Crippen MR) is 102 cm³/mol. The van der Waals surface area contributed by atoms with Gasteiger partial charge in [-0.05, 0) is 35.9 Å². The van der Waals surface area contributed by atoms with Gasteiger partial charge in [0, 0.05) is 44.0 Å². The molecule has 0 radical (unpaired) electrons. The average Bonchev–Trinajstić information content (AvgIpc) is 2.72. The Labute approximate surface area is 166 Å². The molecule has 0 saturated carbocycles. The van der Waals surface area contributed by atoms with Crippen molar-refractivity contribution < 1.29 is 22.8 Å². The van der Waals surface area contributed by atoms with Gasteiger partial charge in [-0.3, -0.25) is 4.79 Å². The van der Waals surface area contributed by atoms with Crippen molar-refractivity contribution in [2.24, 2.45) is 5.73 Å². The number of nitrogens with two attached hydrogens (primary N) is 1. The van der Waals surface area contributed by atoms with Crippen molar-refractivity contribution in [3.63, 3.8) is 0 Å². The van der Waals surface area contributed by atoms with Gasteiger partial charge in [0.15, 0.2) is 0 Å². The molecule has 0 aliphatic carbocycles. The lowest BCUT2D eigenvalue weighted by Gasteiger charge is -2.36. The van der Waals surface area contributed by atoms with E-state index in [0.29, 0.717) is 37.4 Å². The highest BCUT2D eigenvalue weighted by atomic mass is 19.4. The number of nitrogens with one attached hydrogen (secondary N) is 1. The number of carbonyl (C=O) groups is 2. The predicted octanol–water partition coefficient (Wildman–Crippen LogP) is 2.84. The third-order valence-corrected chi connectivity index (χ3v) is 4.77. The summed E-state index contributed by atoms with van der Waals surface area (Å²) in [7, 11) is 0. The molecule has 3 amide bonds. The van der Waals surface area contributed by atoms with Gasteiger partial charge in [0.2, 0.25) is 0 Å². The molecular weight excluding hydrogens is 385 g/mol. The topological polar surface area (TPSA) is 78.7 Å². The summed E-state index contributed by atoms with van der Waals surface area (Å²) in [6.07, 6.45) is -4.38. The molecule has 1 saturated heterocycles. The summed E-state index contributed by atoms with van der Waals surface area (Å²) in [5, 5.41) is 2.48. The number of carbonyl (C=O) groups excluding carboxylic acids is 2. The number of piperazine rings is 1. The van der Waals surface area contributed by atoms with E-state index in [2.05, 4.69) is 5.32 Å². The summed E-state index contributed by atoms with van der Waals surface area (Å²) in [6, 6.07) is 11.4. The Morgan fingerprint density at radius 2 is 1.66 bits per heavy atom. The van der Waals surface area contributed by atoms with Crippen molar-refractivity contribution in [3.05, 3.63) is 65.2 Å². The molecule has 0 aromatic heterocycles. The number of rotatable bonds is 4. The second-order valence-corrected chi connectivity index (χ2v) is 6.74. The molecule has 0 spiro atoms. The zero-order valence-electron chi connectivity index (χ0n) is 15.6. The normalized spacial score (nSPS) is 14.6. The first-order valence-corrected chi connectivity index (χ1v) is 9.08. The van der Waals surface area contributed by atoms with E-state index in [9.17, 15) is 22.8 Å². The van der Waals surface area contributed by atoms with Gasteiger partial charge in [-0.2, -0.15) is 13.2 Å². The second-order valence-electron chi connectivity index (χ2n) is 6.74. The Kier molecular flexibility index (Phi) is 5.95. The minimum absolute atomic E-state index is 0.136. The molecule has 6 nitrogen and oxygen atoms in total. The zero-order chi connectivity index (χ0) is 21.0. The fraction of sp³-hybridized carbons (Fsp3) is 0.300. The maximum atomic E-state index is 12.9. The fourth-order valence-electron chi connectivity index (χ4n) is 3.18. The van der Waals surface area contributed by atoms with Gasteiger partial charge >= 0.3 is 12.2 Å². The van der Waals surface area contributed by atoms with Gasteiger partial charge < -0.3 is 20.9 Å². The maximum absolute atomic E-state index is 12.9. The molecule has 2 aromatic carbocycles. The molecule has 29 heavy (non-hydrogen) atoms. The fourth-order valence-corrected chi connectivity index (χ4v) is 3.18. The zero-order valence-corrected chi connectivity index (χ0v) is 15.6. The lowest BCUT2D eigenvalue weighted by atomic mass is 10.1. The molecule has 0 unspecified atom stereocenters. The van der Waals surface area contributed by atoms with Crippen LogP contribution in [0.1, 0.15) is 21.5 Å². The Hall–Kier alpha value is -3.23. The van der Waals surface area contributed by atoms with Gasteiger partial charge in [0.25, 0.3) is 5.91 Å².